The van der Waals surface area contributed by atoms with Crippen LogP contribution in [0.3, 0.4) is 0 Å². The summed E-state index contributed by atoms with van der Waals surface area (Å²) < 4.78 is 7.73. The van der Waals surface area contributed by atoms with E-state index in [1.54, 1.807) is 11.3 Å². The third-order valence-corrected chi connectivity index (χ3v) is 5.50. The number of fused-ring (bicyclic) bond motifs is 1. The first kappa shape index (κ1) is 16.2. The Hall–Kier alpha value is -0.660. The Bertz CT molecular complexity index is 567. The lowest BCUT2D eigenvalue weighted by Crippen LogP contribution is -2.50. The molecule has 0 spiro atoms. The molecular weight excluding hydrogens is 320 g/mol. The average Bonchev–Trinajstić information content (AvgIpc) is 3.21. The summed E-state index contributed by atoms with van der Waals surface area (Å²) in [4.78, 5) is 5.73. The molecule has 7 heteroatoms. The number of halogens is 1. The highest BCUT2D eigenvalue weighted by atomic mass is 35.5. The number of nitrogens with zero attached hydrogens (tertiary/aromatic N) is 2. The second kappa shape index (κ2) is 7.27. The summed E-state index contributed by atoms with van der Waals surface area (Å²) in [7, 11) is 0. The van der Waals surface area contributed by atoms with Crippen LogP contribution in [0.2, 0.25) is 0 Å². The Kier molecular flexibility index (Phi) is 5.36. The quantitative estimate of drug-likeness (QED) is 0.893. The Morgan fingerprint density at radius 1 is 1.45 bits per heavy atom. The highest BCUT2D eigenvalue weighted by Gasteiger charge is 2.34. The van der Waals surface area contributed by atoms with E-state index < -0.39 is 0 Å². The summed E-state index contributed by atoms with van der Waals surface area (Å²) in [6.07, 6.45) is 8.09. The van der Waals surface area contributed by atoms with Gasteiger partial charge in [-0.3, -0.25) is 4.40 Å². The van der Waals surface area contributed by atoms with Crippen LogP contribution in [-0.2, 0) is 11.3 Å². The van der Waals surface area contributed by atoms with E-state index in [0.717, 1.165) is 37.0 Å². The molecule has 3 heterocycles. The lowest BCUT2D eigenvalue weighted by Gasteiger charge is -2.32. The number of rotatable bonds is 4. The number of morpholine rings is 1. The molecular formula is C15H23ClN4OS. The van der Waals surface area contributed by atoms with Gasteiger partial charge in [0.05, 0.1) is 18.9 Å². The molecule has 2 aliphatic rings. The SMILES string of the molecule is Cl.c1cn2cc(CNC3CCCC3C3COCCN3)nc2s1. The molecule has 0 bridgehead atoms. The van der Waals surface area contributed by atoms with Gasteiger partial charge in [0, 0.05) is 42.9 Å². The van der Waals surface area contributed by atoms with Crippen molar-refractivity contribution in [2.24, 2.45) is 5.92 Å². The van der Waals surface area contributed by atoms with E-state index in [0.29, 0.717) is 18.0 Å². The van der Waals surface area contributed by atoms with Gasteiger partial charge in [-0.1, -0.05) is 6.42 Å². The van der Waals surface area contributed by atoms with Crippen molar-refractivity contribution < 1.29 is 4.74 Å². The molecule has 4 rings (SSSR count). The van der Waals surface area contributed by atoms with Crippen LogP contribution in [0.1, 0.15) is 25.0 Å². The van der Waals surface area contributed by atoms with Crippen LogP contribution in [0.15, 0.2) is 17.8 Å². The number of aromatic nitrogens is 2. The van der Waals surface area contributed by atoms with Gasteiger partial charge in [0.15, 0.2) is 4.96 Å². The second-order valence-electron chi connectivity index (χ2n) is 6.04. The predicted octanol–water partition coefficient (Wildman–Crippen LogP) is 2.06. The molecule has 0 aromatic carbocycles. The monoisotopic (exact) mass is 342 g/mol. The Labute approximate surface area is 140 Å². The summed E-state index contributed by atoms with van der Waals surface area (Å²) in [5, 5.41) is 9.42. The highest BCUT2D eigenvalue weighted by Crippen LogP contribution is 2.29. The molecule has 0 amide bonds. The lowest BCUT2D eigenvalue weighted by molar-refractivity contribution is 0.0524. The van der Waals surface area contributed by atoms with Gasteiger partial charge in [0.1, 0.15) is 0 Å². The average molecular weight is 343 g/mol. The summed E-state index contributed by atoms with van der Waals surface area (Å²) >= 11 is 1.69. The first-order chi connectivity index (χ1) is 10.4. The van der Waals surface area contributed by atoms with E-state index >= 15 is 0 Å². The van der Waals surface area contributed by atoms with Gasteiger partial charge in [-0.15, -0.1) is 23.7 Å². The summed E-state index contributed by atoms with van der Waals surface area (Å²) in [6, 6.07) is 1.10. The number of thiazole rings is 1. The Balaban J connectivity index is 0.00000144. The molecule has 1 saturated heterocycles. The van der Waals surface area contributed by atoms with E-state index in [4.69, 9.17) is 4.74 Å². The number of nitrogens with one attached hydrogen (secondary N) is 2. The molecule has 3 atom stereocenters. The van der Waals surface area contributed by atoms with Crippen molar-refractivity contribution in [2.45, 2.75) is 37.9 Å². The molecule has 22 heavy (non-hydrogen) atoms. The van der Waals surface area contributed by atoms with Crippen molar-refractivity contribution in [3.05, 3.63) is 23.5 Å². The van der Waals surface area contributed by atoms with Gasteiger partial charge in [0.2, 0.25) is 0 Å². The van der Waals surface area contributed by atoms with Crippen LogP contribution in [0, 0.1) is 5.92 Å². The lowest BCUT2D eigenvalue weighted by atomic mass is 9.94. The van der Waals surface area contributed by atoms with E-state index in [2.05, 4.69) is 37.8 Å². The third kappa shape index (κ3) is 3.31. The molecule has 2 aromatic rings. The molecule has 1 aliphatic heterocycles. The molecule has 2 aromatic heterocycles. The molecule has 1 aliphatic carbocycles. The Morgan fingerprint density at radius 3 is 3.23 bits per heavy atom. The first-order valence-corrected chi connectivity index (χ1v) is 8.74. The molecule has 2 N–H and O–H groups in total. The highest BCUT2D eigenvalue weighted by molar-refractivity contribution is 7.15. The van der Waals surface area contributed by atoms with Crippen LogP contribution >= 0.6 is 23.7 Å². The fourth-order valence-corrected chi connectivity index (χ4v) is 4.40. The maximum atomic E-state index is 5.63. The fourth-order valence-electron chi connectivity index (χ4n) is 3.68. The van der Waals surface area contributed by atoms with E-state index in [1.807, 2.05) is 0 Å². The number of ether oxygens (including phenoxy) is 1. The zero-order valence-corrected chi connectivity index (χ0v) is 14.2. The smallest absolute Gasteiger partial charge is 0.193 e. The molecule has 2 fully saturated rings. The minimum Gasteiger partial charge on any atom is -0.379 e. The third-order valence-electron chi connectivity index (χ3n) is 4.73. The van der Waals surface area contributed by atoms with Crippen molar-refractivity contribution in [2.75, 3.05) is 19.8 Å². The maximum absolute atomic E-state index is 5.63. The van der Waals surface area contributed by atoms with Crippen LogP contribution < -0.4 is 10.6 Å². The summed E-state index contributed by atoms with van der Waals surface area (Å²) in [5.41, 5.74) is 1.14. The van der Waals surface area contributed by atoms with Crippen LogP contribution in [0.4, 0.5) is 0 Å². The van der Waals surface area contributed by atoms with Crippen molar-refractivity contribution in [1.29, 1.82) is 0 Å². The number of hydrogen-bond donors (Lipinski definition) is 2. The Morgan fingerprint density at radius 2 is 2.41 bits per heavy atom. The second-order valence-corrected chi connectivity index (χ2v) is 6.92. The normalized spacial score (nSPS) is 28.8. The zero-order chi connectivity index (χ0) is 14.1. The standard InChI is InChI=1S/C15H22N4OS.ClH/c1-2-12(14-10-20-6-4-16-14)13(3-1)17-8-11-9-19-5-7-21-15(19)18-11;/h5,7,9,12-14,16-17H,1-4,6,8,10H2;1H. The predicted molar refractivity (Wildman–Crippen MR) is 90.9 cm³/mol. The van der Waals surface area contributed by atoms with Gasteiger partial charge in [-0.2, -0.15) is 0 Å². The van der Waals surface area contributed by atoms with Crippen LogP contribution in [0.5, 0.6) is 0 Å². The van der Waals surface area contributed by atoms with Gasteiger partial charge in [-0.05, 0) is 18.8 Å². The molecule has 0 radical (unpaired) electrons. The molecule has 3 unspecified atom stereocenters. The largest absolute Gasteiger partial charge is 0.379 e. The van der Waals surface area contributed by atoms with E-state index in [-0.39, 0.29) is 12.4 Å². The van der Waals surface area contributed by atoms with Gasteiger partial charge < -0.3 is 15.4 Å². The number of hydrogen-bond acceptors (Lipinski definition) is 5. The van der Waals surface area contributed by atoms with Crippen LogP contribution in [-0.4, -0.2) is 41.2 Å². The molecule has 122 valence electrons. The molecule has 1 saturated carbocycles. The zero-order valence-electron chi connectivity index (χ0n) is 12.5. The topological polar surface area (TPSA) is 50.6 Å². The van der Waals surface area contributed by atoms with E-state index in [9.17, 15) is 0 Å². The summed E-state index contributed by atoms with van der Waals surface area (Å²) in [5.74, 6) is 0.689. The fraction of sp³-hybridized carbons (Fsp3) is 0.667. The maximum Gasteiger partial charge on any atom is 0.193 e. The van der Waals surface area contributed by atoms with Crippen molar-refractivity contribution in [3.8, 4) is 0 Å². The van der Waals surface area contributed by atoms with Gasteiger partial charge >= 0.3 is 0 Å². The number of imidazole rings is 1. The first-order valence-electron chi connectivity index (χ1n) is 7.86. The van der Waals surface area contributed by atoms with Crippen molar-refractivity contribution in [1.82, 2.24) is 20.0 Å². The van der Waals surface area contributed by atoms with Crippen molar-refractivity contribution in [3.63, 3.8) is 0 Å². The summed E-state index contributed by atoms with van der Waals surface area (Å²) in [6.45, 7) is 3.57. The van der Waals surface area contributed by atoms with Crippen molar-refractivity contribution >= 4 is 28.7 Å². The van der Waals surface area contributed by atoms with Gasteiger partial charge in [0.25, 0.3) is 0 Å². The van der Waals surface area contributed by atoms with E-state index in [1.165, 1.54) is 19.3 Å². The van der Waals surface area contributed by atoms with Crippen LogP contribution in [0.25, 0.3) is 4.96 Å². The molecule has 5 nitrogen and oxygen atoms in total. The minimum absolute atomic E-state index is 0. The van der Waals surface area contributed by atoms with Gasteiger partial charge in [-0.25, -0.2) is 4.98 Å². The minimum atomic E-state index is 0.